The molecule has 0 bridgehead atoms. The lowest BCUT2D eigenvalue weighted by Crippen LogP contribution is -2.17. The number of nitrogen functional groups attached to an aromatic ring is 1. The van der Waals surface area contributed by atoms with Gasteiger partial charge in [0.15, 0.2) is 9.84 Å². The van der Waals surface area contributed by atoms with E-state index >= 15 is 0 Å². The fourth-order valence-corrected chi connectivity index (χ4v) is 1.47. The number of aromatic nitrogens is 2. The van der Waals surface area contributed by atoms with E-state index in [0.717, 1.165) is 0 Å². The summed E-state index contributed by atoms with van der Waals surface area (Å²) in [5.41, 5.74) is 5.16. The molecular formula is C6H12N4O3S. The molecule has 0 aliphatic heterocycles. The normalized spacial score (nSPS) is 11.5. The average Bonchev–Trinajstić information content (AvgIpc) is 2.51. The molecule has 0 saturated carbocycles. The first-order chi connectivity index (χ1) is 6.53. The topological polar surface area (TPSA) is 111 Å². The maximum atomic E-state index is 11.1. The van der Waals surface area contributed by atoms with Crippen molar-refractivity contribution in [3.05, 3.63) is 0 Å². The monoisotopic (exact) mass is 220 g/mol. The van der Waals surface area contributed by atoms with Gasteiger partial charge in [0.1, 0.15) is 0 Å². The van der Waals surface area contributed by atoms with E-state index in [1.807, 2.05) is 0 Å². The summed E-state index contributed by atoms with van der Waals surface area (Å²) in [5.74, 6) is 0.159. The summed E-state index contributed by atoms with van der Waals surface area (Å²) in [6.45, 7) is 1.83. The molecular weight excluding hydrogens is 208 g/mol. The highest BCUT2D eigenvalue weighted by Gasteiger charge is 2.08. The number of nitrogens with zero attached hydrogens (tertiary/aromatic N) is 2. The minimum absolute atomic E-state index is 0.0335. The average molecular weight is 220 g/mol. The maximum absolute atomic E-state index is 11.1. The number of hydrogen-bond acceptors (Lipinski definition) is 7. The van der Waals surface area contributed by atoms with Crippen LogP contribution in [-0.2, 0) is 9.84 Å². The molecule has 0 atom stereocenters. The molecule has 1 aromatic heterocycles. The smallest absolute Gasteiger partial charge is 0.316 e. The highest BCUT2D eigenvalue weighted by atomic mass is 32.2. The van der Waals surface area contributed by atoms with E-state index in [0.29, 0.717) is 0 Å². The first kappa shape index (κ1) is 10.8. The zero-order chi connectivity index (χ0) is 10.6. The van der Waals surface area contributed by atoms with Gasteiger partial charge in [0.2, 0.25) is 0 Å². The van der Waals surface area contributed by atoms with Gasteiger partial charge in [-0.05, 0) is 0 Å². The molecule has 80 valence electrons. The van der Waals surface area contributed by atoms with Crippen molar-refractivity contribution in [1.82, 2.24) is 10.2 Å². The summed E-state index contributed by atoms with van der Waals surface area (Å²) >= 11 is 0. The van der Waals surface area contributed by atoms with Gasteiger partial charge in [-0.3, -0.25) is 0 Å². The molecule has 1 rings (SSSR count). The first-order valence-corrected chi connectivity index (χ1v) is 5.89. The fourth-order valence-electron chi connectivity index (χ4n) is 0.764. The molecule has 0 saturated heterocycles. The predicted molar refractivity (Wildman–Crippen MR) is 51.5 cm³/mol. The van der Waals surface area contributed by atoms with E-state index in [1.54, 1.807) is 6.92 Å². The van der Waals surface area contributed by atoms with Crippen molar-refractivity contribution < 1.29 is 12.8 Å². The number of nitrogens with one attached hydrogen (secondary N) is 1. The van der Waals surface area contributed by atoms with E-state index in [-0.39, 0.29) is 30.1 Å². The molecule has 0 radical (unpaired) electrons. The minimum Gasteiger partial charge on any atom is -0.390 e. The van der Waals surface area contributed by atoms with Crippen LogP contribution < -0.4 is 11.1 Å². The molecule has 8 heteroatoms. The minimum atomic E-state index is -2.97. The standard InChI is InChI=1S/C6H12N4O3S/c1-2-14(11,12)4-3-8-6-10-9-5(7)13-6/h2-4H2,1H3,(H2,7,9)(H,8,10). The molecule has 0 aliphatic carbocycles. The second-order valence-corrected chi connectivity index (χ2v) is 5.08. The lowest BCUT2D eigenvalue weighted by Gasteiger charge is -2.00. The third-order valence-corrected chi connectivity index (χ3v) is 3.28. The molecule has 1 aromatic rings. The van der Waals surface area contributed by atoms with Crippen LogP contribution in [0.1, 0.15) is 6.92 Å². The number of rotatable bonds is 5. The van der Waals surface area contributed by atoms with Crippen molar-refractivity contribution >= 4 is 21.9 Å². The van der Waals surface area contributed by atoms with Crippen LogP contribution in [-0.4, -0.2) is 36.7 Å². The summed E-state index contributed by atoms with van der Waals surface area (Å²) in [4.78, 5) is 0. The van der Waals surface area contributed by atoms with Gasteiger partial charge in [-0.2, -0.15) is 0 Å². The van der Waals surface area contributed by atoms with Crippen LogP contribution in [0.25, 0.3) is 0 Å². The van der Waals surface area contributed by atoms with Gasteiger partial charge in [0, 0.05) is 12.3 Å². The molecule has 7 nitrogen and oxygen atoms in total. The SMILES string of the molecule is CCS(=O)(=O)CCNc1nnc(N)o1. The molecule has 0 amide bonds. The molecule has 0 unspecified atom stereocenters. The predicted octanol–water partition coefficient (Wildman–Crippen LogP) is -0.502. The summed E-state index contributed by atoms with van der Waals surface area (Å²) < 4.78 is 26.9. The summed E-state index contributed by atoms with van der Waals surface area (Å²) in [5, 5.41) is 9.57. The molecule has 0 aliphatic rings. The van der Waals surface area contributed by atoms with Gasteiger partial charge in [-0.1, -0.05) is 17.1 Å². The van der Waals surface area contributed by atoms with E-state index < -0.39 is 9.84 Å². The van der Waals surface area contributed by atoms with Gasteiger partial charge < -0.3 is 15.5 Å². The maximum Gasteiger partial charge on any atom is 0.316 e. The van der Waals surface area contributed by atoms with Crippen LogP contribution in [0.4, 0.5) is 12.0 Å². The van der Waals surface area contributed by atoms with Gasteiger partial charge >= 0.3 is 12.0 Å². The largest absolute Gasteiger partial charge is 0.390 e. The molecule has 0 spiro atoms. The van der Waals surface area contributed by atoms with Gasteiger partial charge in [-0.25, -0.2) is 8.42 Å². The van der Waals surface area contributed by atoms with Crippen molar-refractivity contribution in [2.24, 2.45) is 0 Å². The number of anilines is 2. The van der Waals surface area contributed by atoms with Crippen LogP contribution >= 0.6 is 0 Å². The zero-order valence-corrected chi connectivity index (χ0v) is 8.54. The molecule has 1 heterocycles. The Kier molecular flexibility index (Phi) is 3.28. The Hall–Kier alpha value is -1.31. The Morgan fingerprint density at radius 3 is 2.71 bits per heavy atom. The van der Waals surface area contributed by atoms with Crippen molar-refractivity contribution in [3.8, 4) is 0 Å². The van der Waals surface area contributed by atoms with Gasteiger partial charge in [0.25, 0.3) is 0 Å². The lowest BCUT2D eigenvalue weighted by atomic mass is 10.7. The van der Waals surface area contributed by atoms with Crippen LogP contribution in [0.3, 0.4) is 0 Å². The van der Waals surface area contributed by atoms with Crippen molar-refractivity contribution in [2.75, 3.05) is 29.1 Å². The number of hydrogen-bond donors (Lipinski definition) is 2. The molecule has 0 aromatic carbocycles. The highest BCUT2D eigenvalue weighted by Crippen LogP contribution is 2.05. The Morgan fingerprint density at radius 2 is 2.21 bits per heavy atom. The number of nitrogens with two attached hydrogens (primary N) is 1. The van der Waals surface area contributed by atoms with E-state index in [1.165, 1.54) is 0 Å². The van der Waals surface area contributed by atoms with Crippen LogP contribution in [0.5, 0.6) is 0 Å². The van der Waals surface area contributed by atoms with Crippen molar-refractivity contribution in [3.63, 3.8) is 0 Å². The van der Waals surface area contributed by atoms with E-state index in [2.05, 4.69) is 15.5 Å². The number of sulfone groups is 1. The van der Waals surface area contributed by atoms with E-state index in [4.69, 9.17) is 10.2 Å². The second-order valence-electron chi connectivity index (χ2n) is 2.61. The molecule has 3 N–H and O–H groups in total. The van der Waals surface area contributed by atoms with Gasteiger partial charge in [0.05, 0.1) is 5.75 Å². The molecule has 14 heavy (non-hydrogen) atoms. The Bertz CT molecular complexity index is 386. The van der Waals surface area contributed by atoms with Crippen LogP contribution in [0, 0.1) is 0 Å². The Labute approximate surface area is 81.6 Å². The summed E-state index contributed by atoms with van der Waals surface area (Å²) in [6.07, 6.45) is 0. The third kappa shape index (κ3) is 3.21. The first-order valence-electron chi connectivity index (χ1n) is 4.07. The van der Waals surface area contributed by atoms with Gasteiger partial charge in [-0.15, -0.1) is 0 Å². The van der Waals surface area contributed by atoms with Crippen LogP contribution in [0.15, 0.2) is 4.42 Å². The van der Waals surface area contributed by atoms with Crippen molar-refractivity contribution in [2.45, 2.75) is 6.92 Å². The third-order valence-electron chi connectivity index (χ3n) is 1.57. The molecule has 0 fully saturated rings. The van der Waals surface area contributed by atoms with Crippen LogP contribution in [0.2, 0.25) is 0 Å². The Morgan fingerprint density at radius 1 is 1.50 bits per heavy atom. The van der Waals surface area contributed by atoms with E-state index in [9.17, 15) is 8.42 Å². The van der Waals surface area contributed by atoms with Crippen molar-refractivity contribution in [1.29, 1.82) is 0 Å². The Balaban J connectivity index is 2.36. The zero-order valence-electron chi connectivity index (χ0n) is 7.73. The summed E-state index contributed by atoms with van der Waals surface area (Å²) in [7, 11) is -2.97. The second kappa shape index (κ2) is 4.27. The quantitative estimate of drug-likeness (QED) is 0.687. The fraction of sp³-hybridized carbons (Fsp3) is 0.667. The lowest BCUT2D eigenvalue weighted by molar-refractivity contribution is 0.585. The summed E-state index contributed by atoms with van der Waals surface area (Å²) in [6, 6.07) is 0.0830. The highest BCUT2D eigenvalue weighted by molar-refractivity contribution is 7.91.